The SMILES string of the molecule is CCCC[C@@H]1CC(OC2OCC(O[C@H]3OC[C@@H](OC4OC[C@@H](O[C@H]5OCC(O)C[C@H]5O)CC4O)CC3O)CC2O)COC1O[C@@H]1COC(O[C@@H]2CO[C@@H]3O[C@@H]4COC(C)C(C4)OCC(OC)CCC3C2)C(O)C1. The summed E-state index contributed by atoms with van der Waals surface area (Å²) in [5, 5.41) is 64.0. The lowest BCUT2D eigenvalue weighted by Gasteiger charge is -2.43. The van der Waals surface area contributed by atoms with Crippen LogP contribution in [0, 0.1) is 11.8 Å². The minimum Gasteiger partial charge on any atom is -0.391 e. The maximum atomic E-state index is 11.3. The highest BCUT2D eigenvalue weighted by molar-refractivity contribution is 4.87. The van der Waals surface area contributed by atoms with Gasteiger partial charge in [0.15, 0.2) is 44.0 Å². The van der Waals surface area contributed by atoms with E-state index in [1.165, 1.54) is 0 Å². The smallest absolute Gasteiger partial charge is 0.184 e. The monoisotopic (exact) mass is 1050 g/mol. The molecule has 0 radical (unpaired) electrons. The van der Waals surface area contributed by atoms with Crippen LogP contribution in [0.2, 0.25) is 0 Å². The number of unbranched alkanes of at least 4 members (excludes halogenated alkanes) is 1. The van der Waals surface area contributed by atoms with E-state index in [2.05, 4.69) is 6.92 Å². The van der Waals surface area contributed by atoms with Crippen LogP contribution in [0.1, 0.15) is 97.3 Å². The van der Waals surface area contributed by atoms with Gasteiger partial charge in [-0.2, -0.15) is 0 Å². The highest BCUT2D eigenvalue weighted by Gasteiger charge is 2.45. The molecular weight excluding hydrogens is 969 g/mol. The molecule has 9 aliphatic heterocycles. The zero-order valence-corrected chi connectivity index (χ0v) is 42.6. The number of ether oxygens (including phenoxy) is 17. The van der Waals surface area contributed by atoms with Crippen molar-refractivity contribution in [2.24, 2.45) is 11.8 Å². The van der Waals surface area contributed by atoms with Crippen molar-refractivity contribution in [2.75, 3.05) is 66.6 Å². The van der Waals surface area contributed by atoms with Gasteiger partial charge in [0.05, 0.1) is 127 Å². The van der Waals surface area contributed by atoms with Crippen molar-refractivity contribution in [3.05, 3.63) is 0 Å². The molecule has 0 spiro atoms. The first-order valence-electron chi connectivity index (χ1n) is 27.1. The molecule has 422 valence electrons. The van der Waals surface area contributed by atoms with E-state index in [4.69, 9.17) is 80.5 Å². The number of hydrogen-bond acceptors (Lipinski definition) is 23. The second-order valence-electron chi connectivity index (χ2n) is 21.6. The molecule has 23 heteroatoms. The Labute approximate surface area is 427 Å². The predicted molar refractivity (Wildman–Crippen MR) is 247 cm³/mol. The quantitative estimate of drug-likeness (QED) is 0.123. The van der Waals surface area contributed by atoms with Crippen LogP contribution in [-0.4, -0.2) is 239 Å². The van der Waals surface area contributed by atoms with E-state index in [0.717, 1.165) is 38.5 Å². The summed E-state index contributed by atoms with van der Waals surface area (Å²) in [5.41, 5.74) is 0. The van der Waals surface area contributed by atoms with E-state index in [1.54, 1.807) is 7.11 Å². The van der Waals surface area contributed by atoms with Crippen molar-refractivity contribution < 1.29 is 111 Å². The summed E-state index contributed by atoms with van der Waals surface area (Å²) in [5.74, 6) is 0.0345. The van der Waals surface area contributed by atoms with E-state index >= 15 is 0 Å². The van der Waals surface area contributed by atoms with Gasteiger partial charge in [-0.15, -0.1) is 0 Å². The molecule has 23 nitrogen and oxygen atoms in total. The van der Waals surface area contributed by atoms with Crippen molar-refractivity contribution in [1.82, 2.24) is 0 Å². The predicted octanol–water partition coefficient (Wildman–Crippen LogP) is 0.498. The average Bonchev–Trinajstić information content (AvgIpc) is 3.39. The van der Waals surface area contributed by atoms with Crippen molar-refractivity contribution in [3.63, 3.8) is 0 Å². The van der Waals surface area contributed by atoms with Crippen LogP contribution in [0.15, 0.2) is 0 Å². The Hall–Kier alpha value is -0.920. The van der Waals surface area contributed by atoms with Gasteiger partial charge in [0.2, 0.25) is 0 Å². The van der Waals surface area contributed by atoms with E-state index in [0.29, 0.717) is 39.1 Å². The van der Waals surface area contributed by atoms with Crippen LogP contribution in [0.4, 0.5) is 0 Å². The van der Waals surface area contributed by atoms with Gasteiger partial charge in [0.25, 0.3) is 0 Å². The van der Waals surface area contributed by atoms with Crippen LogP contribution < -0.4 is 0 Å². The standard InChI is InChI=1S/C50H84O23/c1-4-5-6-27-9-31(69-48-40(54)14-35(24-64-48)72-50-42(56)15-36(25-66-50)73-49-41(55)13-34(23-65-49)71-46-38(52)11-29(51)17-60-46)20-61-44(27)67-33-12-39(53)47(63-22-33)70-32-10-28-7-8-30(57-3)18-59-43-16-37(19-58-26(43)2)68-45(28)62-21-32/h26-56H,4-25H2,1-3H3/t26?,27-,28?,29?,30?,31?,32+,33+,34+,35?,36+,37+,38-,39?,40?,41?,42?,43?,44?,45-,46-,47?,48?,49?,50-/m1/s1. The molecule has 9 saturated heterocycles. The Balaban J connectivity index is 0.670. The topological polar surface area (TPSA) is 278 Å². The molecule has 25 atom stereocenters. The summed E-state index contributed by atoms with van der Waals surface area (Å²) in [4.78, 5) is 0. The molecule has 9 aliphatic rings. The van der Waals surface area contributed by atoms with Crippen LogP contribution in [0.3, 0.4) is 0 Å². The molecule has 0 aliphatic carbocycles. The summed E-state index contributed by atoms with van der Waals surface area (Å²) in [6.45, 7) is 6.17. The third kappa shape index (κ3) is 15.7. The van der Waals surface area contributed by atoms with Crippen molar-refractivity contribution >= 4 is 0 Å². The second-order valence-corrected chi connectivity index (χ2v) is 21.6. The van der Waals surface area contributed by atoms with Crippen LogP contribution in [-0.2, 0) is 80.5 Å². The van der Waals surface area contributed by atoms with Crippen LogP contribution in [0.5, 0.6) is 0 Å². The lowest BCUT2D eigenvalue weighted by atomic mass is 9.92. The number of fused-ring (bicyclic) bond motifs is 3. The Morgan fingerprint density at radius 1 is 0.425 bits per heavy atom. The first-order valence-corrected chi connectivity index (χ1v) is 27.1. The summed E-state index contributed by atoms with van der Waals surface area (Å²) in [6.07, 6.45) is -7.20. The molecule has 0 aromatic carbocycles. The fourth-order valence-corrected chi connectivity index (χ4v) is 11.4. The Kier molecular flexibility index (Phi) is 21.2. The highest BCUT2D eigenvalue weighted by atomic mass is 16.8. The third-order valence-electron chi connectivity index (χ3n) is 15.6. The number of rotatable bonds is 16. The van der Waals surface area contributed by atoms with Gasteiger partial charge in [-0.1, -0.05) is 19.8 Å². The minimum absolute atomic E-state index is 0.0129. The molecule has 2 bridgehead atoms. The highest BCUT2D eigenvalue weighted by Crippen LogP contribution is 2.37. The van der Waals surface area contributed by atoms with E-state index < -0.39 is 105 Å². The van der Waals surface area contributed by atoms with Gasteiger partial charge in [0.1, 0.15) is 30.5 Å². The van der Waals surface area contributed by atoms with Crippen molar-refractivity contribution in [3.8, 4) is 0 Å². The first kappa shape index (κ1) is 56.8. The number of aliphatic hydroxyl groups excluding tert-OH is 6. The largest absolute Gasteiger partial charge is 0.391 e. The van der Waals surface area contributed by atoms with Gasteiger partial charge < -0.3 is 111 Å². The van der Waals surface area contributed by atoms with Crippen LogP contribution >= 0.6 is 0 Å². The van der Waals surface area contributed by atoms with E-state index in [-0.39, 0.29) is 114 Å². The normalized spacial score (nSPS) is 48.5. The second kappa shape index (κ2) is 27.3. The molecular formula is C50H84O23. The first-order chi connectivity index (χ1) is 35.4. The molecule has 15 unspecified atom stereocenters. The zero-order chi connectivity index (χ0) is 51.0. The molecule has 73 heavy (non-hydrogen) atoms. The fraction of sp³-hybridized carbons (Fsp3) is 1.00. The number of hydrogen-bond donors (Lipinski definition) is 6. The molecule has 6 N–H and O–H groups in total. The Morgan fingerprint density at radius 2 is 0.863 bits per heavy atom. The van der Waals surface area contributed by atoms with Crippen LogP contribution in [0.25, 0.3) is 0 Å². The maximum absolute atomic E-state index is 11.3. The molecule has 9 rings (SSSR count). The summed E-state index contributed by atoms with van der Waals surface area (Å²) in [6, 6.07) is 0. The Morgan fingerprint density at radius 3 is 1.36 bits per heavy atom. The minimum atomic E-state index is -1.07. The summed E-state index contributed by atoms with van der Waals surface area (Å²) in [7, 11) is 1.71. The molecule has 0 amide bonds. The van der Waals surface area contributed by atoms with E-state index in [9.17, 15) is 30.6 Å². The van der Waals surface area contributed by atoms with Crippen molar-refractivity contribution in [2.45, 2.75) is 239 Å². The maximum Gasteiger partial charge on any atom is 0.184 e. The number of aliphatic hydroxyl groups is 6. The van der Waals surface area contributed by atoms with E-state index in [1.807, 2.05) is 6.92 Å². The fourth-order valence-electron chi connectivity index (χ4n) is 11.4. The van der Waals surface area contributed by atoms with Gasteiger partial charge in [-0.25, -0.2) is 0 Å². The average molecular weight is 1050 g/mol. The molecule has 0 aromatic heterocycles. The molecule has 9 heterocycles. The zero-order valence-electron chi connectivity index (χ0n) is 42.6. The van der Waals surface area contributed by atoms with Gasteiger partial charge in [0, 0.05) is 57.5 Å². The Bertz CT molecular complexity index is 1620. The lowest BCUT2D eigenvalue weighted by Crippen LogP contribution is -2.53. The van der Waals surface area contributed by atoms with Crippen molar-refractivity contribution in [1.29, 1.82) is 0 Å². The molecule has 9 fully saturated rings. The lowest BCUT2D eigenvalue weighted by molar-refractivity contribution is -0.329. The molecule has 0 aromatic rings. The van der Waals surface area contributed by atoms with Gasteiger partial charge >= 0.3 is 0 Å². The summed E-state index contributed by atoms with van der Waals surface area (Å²) < 4.78 is 103. The van der Waals surface area contributed by atoms with Gasteiger partial charge in [-0.05, 0) is 39.0 Å². The molecule has 0 saturated carbocycles. The van der Waals surface area contributed by atoms with Gasteiger partial charge in [-0.3, -0.25) is 0 Å². The summed E-state index contributed by atoms with van der Waals surface area (Å²) >= 11 is 0. The number of methoxy groups -OCH3 is 1. The third-order valence-corrected chi connectivity index (χ3v) is 15.6.